The minimum absolute atomic E-state index is 0.0337. The molecule has 2 saturated heterocycles. The van der Waals surface area contributed by atoms with E-state index in [1.165, 1.54) is 5.69 Å². The predicted molar refractivity (Wildman–Crippen MR) is 119 cm³/mol. The largest absolute Gasteiger partial charge is 0.494 e. The minimum atomic E-state index is -0.371. The first kappa shape index (κ1) is 19.9. The van der Waals surface area contributed by atoms with Gasteiger partial charge in [-0.2, -0.15) is 0 Å². The summed E-state index contributed by atoms with van der Waals surface area (Å²) in [6, 6.07) is 15.6. The van der Waals surface area contributed by atoms with E-state index in [1.807, 2.05) is 43.0 Å². The van der Waals surface area contributed by atoms with Gasteiger partial charge in [0.15, 0.2) is 5.50 Å². The molecule has 2 aromatic carbocycles. The summed E-state index contributed by atoms with van der Waals surface area (Å²) in [4.78, 5) is 19.1. The maximum Gasteiger partial charge on any atom is 0.251 e. The average molecular weight is 414 g/mol. The highest BCUT2D eigenvalue weighted by Crippen LogP contribution is 2.35. The minimum Gasteiger partial charge on any atom is -0.494 e. The summed E-state index contributed by atoms with van der Waals surface area (Å²) in [5, 5.41) is 0. The summed E-state index contributed by atoms with van der Waals surface area (Å²) in [5.74, 6) is 0.827. The molecule has 0 spiro atoms. The lowest BCUT2D eigenvalue weighted by Crippen LogP contribution is -2.37. The zero-order valence-electron chi connectivity index (χ0n) is 16.8. The Hall–Kier alpha value is -2.38. The molecule has 2 heterocycles. The van der Waals surface area contributed by atoms with Crippen LogP contribution < -0.4 is 19.4 Å². The van der Waals surface area contributed by atoms with Crippen molar-refractivity contribution in [2.45, 2.75) is 25.4 Å². The van der Waals surface area contributed by atoms with Gasteiger partial charge in [-0.05, 0) is 62.4 Å². The topological polar surface area (TPSA) is 45.2 Å². The lowest BCUT2D eigenvalue weighted by Gasteiger charge is -2.31. The highest BCUT2D eigenvalue weighted by molar-refractivity contribution is 7.81. The summed E-state index contributed by atoms with van der Waals surface area (Å²) in [6.45, 7) is 7.81. The van der Waals surface area contributed by atoms with Crippen molar-refractivity contribution in [3.63, 3.8) is 0 Å². The second-order valence-electron chi connectivity index (χ2n) is 7.18. The van der Waals surface area contributed by atoms with Gasteiger partial charge in [0.2, 0.25) is 0 Å². The molecule has 29 heavy (non-hydrogen) atoms. The predicted octanol–water partition coefficient (Wildman–Crippen LogP) is 3.38. The first-order chi connectivity index (χ1) is 14.1. The van der Waals surface area contributed by atoms with Gasteiger partial charge in [0.1, 0.15) is 11.8 Å². The number of rotatable bonds is 5. The van der Waals surface area contributed by atoms with E-state index in [4.69, 9.17) is 22.1 Å². The molecule has 0 radical (unpaired) electrons. The molecule has 2 atom stereocenters. The first-order valence-electron chi connectivity index (χ1n) is 10.0. The molecule has 7 heteroatoms. The van der Waals surface area contributed by atoms with E-state index in [-0.39, 0.29) is 17.4 Å². The molecule has 0 saturated carbocycles. The third-order valence-corrected chi connectivity index (χ3v) is 5.92. The maximum atomic E-state index is 13.0. The van der Waals surface area contributed by atoms with Crippen LogP contribution in [0.1, 0.15) is 13.8 Å². The summed E-state index contributed by atoms with van der Waals surface area (Å²) in [6.07, 6.45) is 0. The second kappa shape index (κ2) is 8.55. The molecular formula is C22H27N3O3S. The number of nitrogens with zero attached hydrogens (tertiary/aromatic N) is 3. The Labute approximate surface area is 177 Å². The van der Waals surface area contributed by atoms with Crippen LogP contribution in [0.15, 0.2) is 48.5 Å². The van der Waals surface area contributed by atoms with Gasteiger partial charge >= 0.3 is 0 Å². The van der Waals surface area contributed by atoms with Crippen molar-refractivity contribution in [1.82, 2.24) is 0 Å². The molecule has 0 aliphatic carbocycles. The molecule has 0 N–H and O–H groups in total. The van der Waals surface area contributed by atoms with E-state index in [0.29, 0.717) is 6.61 Å². The van der Waals surface area contributed by atoms with Crippen LogP contribution in [0.2, 0.25) is 0 Å². The summed E-state index contributed by atoms with van der Waals surface area (Å²) >= 11 is 4.79. The molecule has 0 bridgehead atoms. The van der Waals surface area contributed by atoms with Crippen molar-refractivity contribution in [1.29, 1.82) is 0 Å². The lowest BCUT2D eigenvalue weighted by molar-refractivity contribution is -0.117. The number of morpholine rings is 1. The third-order valence-electron chi connectivity index (χ3n) is 5.44. The Balaban J connectivity index is 1.54. The van der Waals surface area contributed by atoms with Gasteiger partial charge in [-0.15, -0.1) is 12.6 Å². The monoisotopic (exact) mass is 413 g/mol. The molecular weight excluding hydrogens is 386 g/mol. The van der Waals surface area contributed by atoms with Crippen LogP contribution in [-0.4, -0.2) is 50.4 Å². The van der Waals surface area contributed by atoms with Crippen LogP contribution in [0.25, 0.3) is 0 Å². The average Bonchev–Trinajstić information content (AvgIpc) is 2.98. The van der Waals surface area contributed by atoms with E-state index < -0.39 is 0 Å². The number of benzene rings is 2. The van der Waals surface area contributed by atoms with E-state index in [9.17, 15) is 4.79 Å². The smallest absolute Gasteiger partial charge is 0.251 e. The highest BCUT2D eigenvalue weighted by atomic mass is 32.1. The molecule has 4 rings (SSSR count). The van der Waals surface area contributed by atoms with Crippen LogP contribution in [0.3, 0.4) is 0 Å². The first-order valence-corrected chi connectivity index (χ1v) is 10.6. The van der Waals surface area contributed by atoms with Crippen molar-refractivity contribution >= 4 is 35.6 Å². The van der Waals surface area contributed by atoms with Gasteiger partial charge in [-0.25, -0.2) is 0 Å². The fourth-order valence-electron chi connectivity index (χ4n) is 3.90. The molecule has 2 unspecified atom stereocenters. The number of hydrogen-bond acceptors (Lipinski definition) is 6. The lowest BCUT2D eigenvalue weighted by atomic mass is 10.2. The number of carbonyl (C=O) groups is 1. The zero-order chi connectivity index (χ0) is 20.4. The number of thiol groups is 1. The van der Waals surface area contributed by atoms with Crippen molar-refractivity contribution in [3.8, 4) is 5.75 Å². The summed E-state index contributed by atoms with van der Waals surface area (Å²) in [5.41, 5.74) is 2.60. The number of carbonyl (C=O) groups excluding carboxylic acids is 1. The Morgan fingerprint density at radius 1 is 1.00 bits per heavy atom. The molecule has 0 aromatic heterocycles. The highest BCUT2D eigenvalue weighted by Gasteiger charge is 2.42. The van der Waals surface area contributed by atoms with E-state index in [2.05, 4.69) is 29.2 Å². The maximum absolute atomic E-state index is 13.0. The molecule has 2 aliphatic heterocycles. The van der Waals surface area contributed by atoms with E-state index >= 15 is 0 Å². The molecule has 1 amide bonds. The van der Waals surface area contributed by atoms with Crippen molar-refractivity contribution in [2.24, 2.45) is 0 Å². The quantitative estimate of drug-likeness (QED) is 0.762. The third kappa shape index (κ3) is 3.89. The van der Waals surface area contributed by atoms with Gasteiger partial charge in [0.05, 0.1) is 19.8 Å². The van der Waals surface area contributed by atoms with Gasteiger partial charge in [-0.3, -0.25) is 9.69 Å². The van der Waals surface area contributed by atoms with Crippen LogP contribution in [-0.2, 0) is 9.53 Å². The van der Waals surface area contributed by atoms with Gasteiger partial charge < -0.3 is 19.3 Å². The van der Waals surface area contributed by atoms with E-state index in [1.54, 1.807) is 4.90 Å². The number of anilines is 3. The van der Waals surface area contributed by atoms with Gasteiger partial charge in [0, 0.05) is 30.2 Å². The van der Waals surface area contributed by atoms with Gasteiger partial charge in [-0.1, -0.05) is 0 Å². The Morgan fingerprint density at radius 2 is 1.59 bits per heavy atom. The molecule has 2 aromatic rings. The van der Waals surface area contributed by atoms with Crippen molar-refractivity contribution in [3.05, 3.63) is 48.5 Å². The number of ether oxygens (including phenoxy) is 2. The zero-order valence-corrected chi connectivity index (χ0v) is 17.7. The van der Waals surface area contributed by atoms with Crippen molar-refractivity contribution < 1.29 is 14.3 Å². The standard InChI is InChI=1S/C22H27N3O3S/c1-3-28-20-10-8-19(9-11-20)25-21(26)16(2)24(22(25)29)18-6-4-17(5-7-18)23-12-14-27-15-13-23/h4-11,16,22,29H,3,12-15H2,1-2H3. The summed E-state index contributed by atoms with van der Waals surface area (Å²) in [7, 11) is 0. The Kier molecular flexibility index (Phi) is 5.87. The summed E-state index contributed by atoms with van der Waals surface area (Å²) < 4.78 is 10.9. The fraction of sp³-hybridized carbons (Fsp3) is 0.409. The molecule has 2 fully saturated rings. The van der Waals surface area contributed by atoms with Crippen LogP contribution in [0, 0.1) is 0 Å². The molecule has 6 nitrogen and oxygen atoms in total. The number of amides is 1. The second-order valence-corrected chi connectivity index (χ2v) is 7.64. The number of hydrogen-bond donors (Lipinski definition) is 1. The fourth-order valence-corrected chi connectivity index (χ4v) is 4.48. The Morgan fingerprint density at radius 3 is 2.21 bits per heavy atom. The van der Waals surface area contributed by atoms with Crippen LogP contribution >= 0.6 is 12.6 Å². The Bertz CT molecular complexity index is 837. The molecule has 154 valence electrons. The van der Waals surface area contributed by atoms with Crippen LogP contribution in [0.4, 0.5) is 17.1 Å². The van der Waals surface area contributed by atoms with Crippen LogP contribution in [0.5, 0.6) is 5.75 Å². The van der Waals surface area contributed by atoms with Gasteiger partial charge in [0.25, 0.3) is 5.91 Å². The van der Waals surface area contributed by atoms with Crippen molar-refractivity contribution in [2.75, 3.05) is 47.6 Å². The normalized spacial score (nSPS) is 22.3. The SMILES string of the molecule is CCOc1ccc(N2C(=O)C(C)N(c3ccc(N4CCOCC4)cc3)C2S)cc1. The van der Waals surface area contributed by atoms with E-state index in [0.717, 1.165) is 43.4 Å². The molecule has 2 aliphatic rings.